The fourth-order valence-electron chi connectivity index (χ4n) is 2.70. The summed E-state index contributed by atoms with van der Waals surface area (Å²) in [5.41, 5.74) is 6.64. The molecule has 0 saturated heterocycles. The van der Waals surface area contributed by atoms with Gasteiger partial charge in [0.25, 0.3) is 0 Å². The number of thioether (sulfide) groups is 1. The van der Waals surface area contributed by atoms with Gasteiger partial charge < -0.3 is 4.74 Å². The number of benzene rings is 3. The van der Waals surface area contributed by atoms with Crippen LogP contribution in [0.1, 0.15) is 22.1 Å². The molecule has 0 bridgehead atoms. The Hall–Kier alpha value is -1.99. The molecular weight excluding hydrogens is 455 g/mol. The lowest BCUT2D eigenvalue weighted by Crippen LogP contribution is -2.09. The van der Waals surface area contributed by atoms with E-state index in [1.165, 1.54) is 3.57 Å². The number of para-hydroxylation sites is 1. The van der Waals surface area contributed by atoms with E-state index in [9.17, 15) is 0 Å². The van der Waals surface area contributed by atoms with Crippen LogP contribution in [0.5, 0.6) is 5.75 Å². The van der Waals surface area contributed by atoms with Gasteiger partial charge in [-0.2, -0.15) is 5.10 Å². The lowest BCUT2D eigenvalue weighted by molar-refractivity contribution is 0.302. The standard InChI is InChI=1S/C21H17IN2OS/c22-17-12-10-15(11-13-17)14-25-19-9-5-4-8-18(19)21-24-23-20(26-21)16-6-2-1-3-7-16/h1-13,21,24H,14H2/t21-/m1/s1. The first-order valence-corrected chi connectivity index (χ1v) is 10.3. The van der Waals surface area contributed by atoms with E-state index in [2.05, 4.69) is 75.6 Å². The second-order valence-electron chi connectivity index (χ2n) is 5.86. The first kappa shape index (κ1) is 17.4. The number of halogens is 1. The highest BCUT2D eigenvalue weighted by molar-refractivity contribution is 14.1. The smallest absolute Gasteiger partial charge is 0.126 e. The predicted octanol–water partition coefficient (Wildman–Crippen LogP) is 5.57. The van der Waals surface area contributed by atoms with E-state index in [0.717, 1.165) is 27.5 Å². The predicted molar refractivity (Wildman–Crippen MR) is 116 cm³/mol. The lowest BCUT2D eigenvalue weighted by atomic mass is 10.2. The summed E-state index contributed by atoms with van der Waals surface area (Å²) in [6, 6.07) is 26.8. The summed E-state index contributed by atoms with van der Waals surface area (Å²) in [5, 5.41) is 5.56. The van der Waals surface area contributed by atoms with Crippen LogP contribution in [0.15, 0.2) is 84.0 Å². The van der Waals surface area contributed by atoms with Crippen molar-refractivity contribution < 1.29 is 4.74 Å². The molecule has 1 aliphatic rings. The zero-order valence-electron chi connectivity index (χ0n) is 13.9. The summed E-state index contributed by atoms with van der Waals surface area (Å²) < 4.78 is 7.34. The Morgan fingerprint density at radius 2 is 1.65 bits per heavy atom. The van der Waals surface area contributed by atoms with Gasteiger partial charge in [0.15, 0.2) is 0 Å². The molecule has 1 aliphatic heterocycles. The zero-order valence-corrected chi connectivity index (χ0v) is 16.9. The quantitative estimate of drug-likeness (QED) is 0.494. The highest BCUT2D eigenvalue weighted by atomic mass is 127. The number of nitrogens with one attached hydrogen (secondary N) is 1. The minimum atomic E-state index is 0.0538. The van der Waals surface area contributed by atoms with Crippen LogP contribution in [0, 0.1) is 3.57 Å². The van der Waals surface area contributed by atoms with Crippen molar-refractivity contribution in [3.63, 3.8) is 0 Å². The molecule has 1 atom stereocenters. The van der Waals surface area contributed by atoms with Crippen LogP contribution >= 0.6 is 34.4 Å². The van der Waals surface area contributed by atoms with Gasteiger partial charge in [-0.15, -0.1) is 0 Å². The first-order chi connectivity index (χ1) is 12.8. The van der Waals surface area contributed by atoms with Crippen LogP contribution in [-0.4, -0.2) is 5.04 Å². The average molecular weight is 472 g/mol. The number of hydrogen-bond donors (Lipinski definition) is 1. The van der Waals surface area contributed by atoms with E-state index in [1.807, 2.05) is 36.4 Å². The molecule has 0 saturated carbocycles. The van der Waals surface area contributed by atoms with Crippen LogP contribution in [0.25, 0.3) is 0 Å². The highest BCUT2D eigenvalue weighted by Gasteiger charge is 2.24. The summed E-state index contributed by atoms with van der Waals surface area (Å²) in [4.78, 5) is 0. The van der Waals surface area contributed by atoms with E-state index in [4.69, 9.17) is 4.74 Å². The topological polar surface area (TPSA) is 33.6 Å². The van der Waals surface area contributed by atoms with Crippen LogP contribution in [-0.2, 0) is 6.61 Å². The maximum atomic E-state index is 6.11. The van der Waals surface area contributed by atoms with Gasteiger partial charge in [0.2, 0.25) is 0 Å². The third-order valence-corrected chi connectivity index (χ3v) is 5.91. The van der Waals surface area contributed by atoms with Gasteiger partial charge in [0, 0.05) is 14.7 Å². The molecule has 5 heteroatoms. The molecule has 0 aromatic heterocycles. The summed E-state index contributed by atoms with van der Waals surface area (Å²) in [6.45, 7) is 0.553. The van der Waals surface area contributed by atoms with Gasteiger partial charge in [-0.3, -0.25) is 5.43 Å². The Morgan fingerprint density at radius 3 is 2.46 bits per heavy atom. The SMILES string of the molecule is Ic1ccc(COc2ccccc2[C@@H]2NN=C(c3ccccc3)S2)cc1. The monoisotopic (exact) mass is 472 g/mol. The third-order valence-electron chi connectivity index (χ3n) is 4.04. The number of hydrogen-bond acceptors (Lipinski definition) is 4. The van der Waals surface area contributed by atoms with Crippen molar-refractivity contribution in [2.45, 2.75) is 12.0 Å². The van der Waals surface area contributed by atoms with E-state index in [1.54, 1.807) is 11.8 Å². The second-order valence-corrected chi connectivity index (χ2v) is 8.20. The summed E-state index contributed by atoms with van der Waals surface area (Å²) in [5.74, 6) is 0.889. The fourth-order valence-corrected chi connectivity index (χ4v) is 4.09. The van der Waals surface area contributed by atoms with Crippen molar-refractivity contribution in [3.8, 4) is 5.75 Å². The van der Waals surface area contributed by atoms with Crippen LogP contribution in [0.3, 0.4) is 0 Å². The Labute approximate surface area is 171 Å². The van der Waals surface area contributed by atoms with Gasteiger partial charge in [-0.1, -0.05) is 72.4 Å². The fraction of sp³-hybridized carbons (Fsp3) is 0.0952. The lowest BCUT2D eigenvalue weighted by Gasteiger charge is -2.15. The zero-order chi connectivity index (χ0) is 17.8. The summed E-state index contributed by atoms with van der Waals surface area (Å²) in [6.07, 6.45) is 0. The van der Waals surface area contributed by atoms with Gasteiger partial charge in [-0.25, -0.2) is 0 Å². The molecule has 3 aromatic carbocycles. The molecule has 0 fully saturated rings. The van der Waals surface area contributed by atoms with Crippen molar-refractivity contribution in [1.82, 2.24) is 5.43 Å². The molecule has 3 nitrogen and oxygen atoms in total. The van der Waals surface area contributed by atoms with Crippen LogP contribution in [0.2, 0.25) is 0 Å². The average Bonchev–Trinajstić information content (AvgIpc) is 3.19. The third kappa shape index (κ3) is 4.04. The highest BCUT2D eigenvalue weighted by Crippen LogP contribution is 2.38. The molecule has 1 N–H and O–H groups in total. The molecule has 0 unspecified atom stereocenters. The minimum absolute atomic E-state index is 0.0538. The molecule has 1 heterocycles. The number of nitrogens with zero attached hydrogens (tertiary/aromatic N) is 1. The van der Waals surface area contributed by atoms with E-state index in [0.29, 0.717) is 6.61 Å². The Kier molecular flexibility index (Phi) is 5.45. The number of ether oxygens (including phenoxy) is 1. The molecule has 26 heavy (non-hydrogen) atoms. The van der Waals surface area contributed by atoms with E-state index < -0.39 is 0 Å². The Morgan fingerprint density at radius 1 is 0.923 bits per heavy atom. The largest absolute Gasteiger partial charge is 0.489 e. The van der Waals surface area contributed by atoms with Crippen molar-refractivity contribution in [2.24, 2.45) is 5.10 Å². The van der Waals surface area contributed by atoms with E-state index >= 15 is 0 Å². The van der Waals surface area contributed by atoms with Crippen molar-refractivity contribution in [2.75, 3.05) is 0 Å². The van der Waals surface area contributed by atoms with Crippen molar-refractivity contribution in [1.29, 1.82) is 0 Å². The molecule has 4 rings (SSSR count). The van der Waals surface area contributed by atoms with Gasteiger partial charge >= 0.3 is 0 Å². The normalized spacial score (nSPS) is 16.0. The molecule has 0 amide bonds. The van der Waals surface area contributed by atoms with Crippen molar-refractivity contribution in [3.05, 3.63) is 99.1 Å². The maximum Gasteiger partial charge on any atom is 0.126 e. The van der Waals surface area contributed by atoms with Gasteiger partial charge in [0.05, 0.1) is 0 Å². The molecule has 3 aromatic rings. The molecule has 0 aliphatic carbocycles. The molecular formula is C21H17IN2OS. The first-order valence-electron chi connectivity index (χ1n) is 8.31. The number of hydrazone groups is 1. The maximum absolute atomic E-state index is 6.11. The summed E-state index contributed by atoms with van der Waals surface area (Å²) in [7, 11) is 0. The summed E-state index contributed by atoms with van der Waals surface area (Å²) >= 11 is 4.02. The van der Waals surface area contributed by atoms with Gasteiger partial charge in [-0.05, 0) is 46.4 Å². The number of rotatable bonds is 5. The van der Waals surface area contributed by atoms with Crippen LogP contribution in [0.4, 0.5) is 0 Å². The second kappa shape index (κ2) is 8.14. The molecule has 130 valence electrons. The van der Waals surface area contributed by atoms with Crippen LogP contribution < -0.4 is 10.2 Å². The molecule has 0 spiro atoms. The Bertz CT molecular complexity index is 913. The van der Waals surface area contributed by atoms with Gasteiger partial charge in [0.1, 0.15) is 22.8 Å². The molecule has 0 radical (unpaired) electrons. The van der Waals surface area contributed by atoms with Crippen molar-refractivity contribution >= 4 is 39.4 Å². The minimum Gasteiger partial charge on any atom is -0.489 e. The Balaban J connectivity index is 1.47. The van der Waals surface area contributed by atoms with E-state index in [-0.39, 0.29) is 5.37 Å².